The SMILES string of the molecule is COc1cc(NC(=S)NCCc2ccccc2)ncn1. The van der Waals surface area contributed by atoms with Gasteiger partial charge in [0, 0.05) is 12.6 Å². The van der Waals surface area contributed by atoms with E-state index in [0.717, 1.165) is 13.0 Å². The Morgan fingerprint density at radius 1 is 1.25 bits per heavy atom. The normalized spacial score (nSPS) is 9.85. The second kappa shape index (κ2) is 7.40. The highest BCUT2D eigenvalue weighted by atomic mass is 32.1. The maximum Gasteiger partial charge on any atom is 0.218 e. The number of rotatable bonds is 5. The Morgan fingerprint density at radius 2 is 2.05 bits per heavy atom. The van der Waals surface area contributed by atoms with E-state index in [1.54, 1.807) is 13.2 Å². The van der Waals surface area contributed by atoms with E-state index in [1.165, 1.54) is 11.9 Å². The van der Waals surface area contributed by atoms with Crippen LogP contribution in [0.4, 0.5) is 5.82 Å². The van der Waals surface area contributed by atoms with E-state index in [-0.39, 0.29) is 0 Å². The topological polar surface area (TPSA) is 59.1 Å². The molecule has 1 aromatic heterocycles. The summed E-state index contributed by atoms with van der Waals surface area (Å²) >= 11 is 5.21. The van der Waals surface area contributed by atoms with E-state index in [1.807, 2.05) is 18.2 Å². The summed E-state index contributed by atoms with van der Waals surface area (Å²) in [5.41, 5.74) is 1.27. The second-order valence-corrected chi connectivity index (χ2v) is 4.47. The van der Waals surface area contributed by atoms with E-state index in [9.17, 15) is 0 Å². The first-order chi connectivity index (χ1) is 9.78. The zero-order valence-electron chi connectivity index (χ0n) is 11.2. The Balaban J connectivity index is 1.77. The minimum absolute atomic E-state index is 0.495. The molecular weight excluding hydrogens is 272 g/mol. The Bertz CT molecular complexity index is 562. The van der Waals surface area contributed by atoms with Crippen LogP contribution in [-0.4, -0.2) is 28.7 Å². The minimum atomic E-state index is 0.495. The number of hydrogen-bond acceptors (Lipinski definition) is 4. The van der Waals surface area contributed by atoms with Crippen molar-refractivity contribution in [2.45, 2.75) is 6.42 Å². The van der Waals surface area contributed by atoms with Gasteiger partial charge in [0.05, 0.1) is 7.11 Å². The summed E-state index contributed by atoms with van der Waals surface area (Å²) in [7, 11) is 1.56. The van der Waals surface area contributed by atoms with Gasteiger partial charge in [-0.2, -0.15) is 0 Å². The van der Waals surface area contributed by atoms with Gasteiger partial charge in [0.1, 0.15) is 12.1 Å². The van der Waals surface area contributed by atoms with Crippen LogP contribution in [0.5, 0.6) is 5.88 Å². The third kappa shape index (κ3) is 4.47. The maximum absolute atomic E-state index is 5.21. The van der Waals surface area contributed by atoms with Crippen LogP contribution < -0.4 is 15.4 Å². The number of methoxy groups -OCH3 is 1. The molecule has 104 valence electrons. The van der Waals surface area contributed by atoms with Gasteiger partial charge in [0.15, 0.2) is 5.11 Å². The van der Waals surface area contributed by atoms with Gasteiger partial charge in [-0.05, 0) is 24.2 Å². The predicted octanol–water partition coefficient (Wildman–Crippen LogP) is 2.01. The van der Waals surface area contributed by atoms with Crippen LogP contribution in [0.3, 0.4) is 0 Å². The Labute approximate surface area is 123 Å². The van der Waals surface area contributed by atoms with Gasteiger partial charge in [0.25, 0.3) is 0 Å². The first kappa shape index (κ1) is 14.2. The van der Waals surface area contributed by atoms with Crippen LogP contribution >= 0.6 is 12.2 Å². The fraction of sp³-hybridized carbons (Fsp3) is 0.214. The molecule has 0 saturated heterocycles. The van der Waals surface area contributed by atoms with Crippen LogP contribution in [0, 0.1) is 0 Å². The highest BCUT2D eigenvalue weighted by Gasteiger charge is 2.01. The number of hydrogen-bond donors (Lipinski definition) is 2. The summed E-state index contributed by atoms with van der Waals surface area (Å²) in [6.45, 7) is 0.762. The van der Waals surface area contributed by atoms with Gasteiger partial charge in [0.2, 0.25) is 5.88 Å². The second-order valence-electron chi connectivity index (χ2n) is 4.06. The van der Waals surface area contributed by atoms with E-state index in [2.05, 4.69) is 32.7 Å². The standard InChI is InChI=1S/C14H16N4OS/c1-19-13-9-12(16-10-17-13)18-14(20)15-8-7-11-5-3-2-4-6-11/h2-6,9-10H,7-8H2,1H3,(H2,15,16,17,18,20). The fourth-order valence-electron chi connectivity index (χ4n) is 1.65. The van der Waals surface area contributed by atoms with Crippen LogP contribution in [0.1, 0.15) is 5.56 Å². The lowest BCUT2D eigenvalue weighted by molar-refractivity contribution is 0.397. The molecule has 0 spiro atoms. The Hall–Kier alpha value is -2.21. The van der Waals surface area contributed by atoms with Crippen molar-refractivity contribution >= 4 is 23.1 Å². The maximum atomic E-state index is 5.21. The number of anilines is 1. The van der Waals surface area contributed by atoms with Crippen molar-refractivity contribution in [2.24, 2.45) is 0 Å². The average Bonchev–Trinajstić information content (AvgIpc) is 2.48. The first-order valence-electron chi connectivity index (χ1n) is 6.23. The molecule has 0 atom stereocenters. The molecule has 1 heterocycles. The lowest BCUT2D eigenvalue weighted by atomic mass is 10.1. The van der Waals surface area contributed by atoms with Gasteiger partial charge in [-0.1, -0.05) is 30.3 Å². The van der Waals surface area contributed by atoms with Crippen molar-refractivity contribution in [3.8, 4) is 5.88 Å². The molecule has 2 aromatic rings. The summed E-state index contributed by atoms with van der Waals surface area (Å²) in [6, 6.07) is 11.9. The molecule has 0 aliphatic heterocycles. The average molecular weight is 288 g/mol. The van der Waals surface area contributed by atoms with Crippen molar-refractivity contribution in [2.75, 3.05) is 19.0 Å². The number of aromatic nitrogens is 2. The molecule has 0 bridgehead atoms. The van der Waals surface area contributed by atoms with Crippen molar-refractivity contribution in [1.29, 1.82) is 0 Å². The molecule has 0 amide bonds. The molecule has 1 aromatic carbocycles. The van der Waals surface area contributed by atoms with Gasteiger partial charge in [-0.3, -0.25) is 0 Å². The van der Waals surface area contributed by atoms with Crippen molar-refractivity contribution < 1.29 is 4.74 Å². The number of thiocarbonyl (C=S) groups is 1. The van der Waals surface area contributed by atoms with Gasteiger partial charge < -0.3 is 15.4 Å². The van der Waals surface area contributed by atoms with Gasteiger partial charge in [-0.15, -0.1) is 0 Å². The molecule has 2 rings (SSSR count). The molecule has 6 heteroatoms. The molecular formula is C14H16N4OS. The van der Waals surface area contributed by atoms with Crippen LogP contribution in [0.2, 0.25) is 0 Å². The molecule has 0 unspecified atom stereocenters. The molecule has 20 heavy (non-hydrogen) atoms. The third-order valence-corrected chi connectivity index (χ3v) is 2.88. The summed E-state index contributed by atoms with van der Waals surface area (Å²) in [4.78, 5) is 7.99. The summed E-state index contributed by atoms with van der Waals surface area (Å²) < 4.78 is 5.02. The highest BCUT2D eigenvalue weighted by Crippen LogP contribution is 2.09. The largest absolute Gasteiger partial charge is 0.481 e. The third-order valence-electron chi connectivity index (χ3n) is 2.63. The molecule has 2 N–H and O–H groups in total. The monoisotopic (exact) mass is 288 g/mol. The van der Waals surface area contributed by atoms with Crippen molar-refractivity contribution in [3.05, 3.63) is 48.3 Å². The van der Waals surface area contributed by atoms with Crippen LogP contribution in [-0.2, 0) is 6.42 Å². The molecule has 0 aliphatic rings. The molecule has 0 aliphatic carbocycles. The zero-order chi connectivity index (χ0) is 14.2. The van der Waals surface area contributed by atoms with E-state index < -0.39 is 0 Å². The Kier molecular flexibility index (Phi) is 5.25. The van der Waals surface area contributed by atoms with Crippen LogP contribution in [0.15, 0.2) is 42.7 Å². The molecule has 0 radical (unpaired) electrons. The van der Waals surface area contributed by atoms with Crippen molar-refractivity contribution in [3.63, 3.8) is 0 Å². The van der Waals surface area contributed by atoms with E-state index in [0.29, 0.717) is 16.8 Å². The summed E-state index contributed by atoms with van der Waals surface area (Å²) in [5.74, 6) is 1.10. The van der Waals surface area contributed by atoms with Crippen molar-refractivity contribution in [1.82, 2.24) is 15.3 Å². The molecule has 0 saturated carbocycles. The highest BCUT2D eigenvalue weighted by molar-refractivity contribution is 7.80. The summed E-state index contributed by atoms with van der Waals surface area (Å²) in [5, 5.41) is 6.66. The quantitative estimate of drug-likeness (QED) is 0.821. The number of nitrogens with one attached hydrogen (secondary N) is 2. The fourth-order valence-corrected chi connectivity index (χ4v) is 1.85. The zero-order valence-corrected chi connectivity index (χ0v) is 12.0. The predicted molar refractivity (Wildman–Crippen MR) is 83.0 cm³/mol. The van der Waals surface area contributed by atoms with Gasteiger partial charge >= 0.3 is 0 Å². The first-order valence-corrected chi connectivity index (χ1v) is 6.63. The lowest BCUT2D eigenvalue weighted by Crippen LogP contribution is -2.30. The smallest absolute Gasteiger partial charge is 0.218 e. The van der Waals surface area contributed by atoms with E-state index >= 15 is 0 Å². The van der Waals surface area contributed by atoms with E-state index in [4.69, 9.17) is 17.0 Å². The van der Waals surface area contributed by atoms with Gasteiger partial charge in [-0.25, -0.2) is 9.97 Å². The number of ether oxygens (including phenoxy) is 1. The minimum Gasteiger partial charge on any atom is -0.481 e. The summed E-state index contributed by atoms with van der Waals surface area (Å²) in [6.07, 6.45) is 2.34. The number of nitrogens with zero attached hydrogens (tertiary/aromatic N) is 2. The molecule has 5 nitrogen and oxygen atoms in total. The molecule has 0 fully saturated rings. The lowest BCUT2D eigenvalue weighted by Gasteiger charge is -2.10. The number of benzene rings is 1. The Morgan fingerprint density at radius 3 is 2.80 bits per heavy atom. The van der Waals surface area contributed by atoms with Crippen LogP contribution in [0.25, 0.3) is 0 Å².